The van der Waals surface area contributed by atoms with Crippen molar-refractivity contribution in [2.75, 3.05) is 5.73 Å². The number of rotatable bonds is 2. The monoisotopic (exact) mass is 235 g/mol. The minimum absolute atomic E-state index is 0.261. The van der Waals surface area contributed by atoms with Crippen LogP contribution in [0.5, 0.6) is 11.8 Å². The standard InChI is InChI=1S/C11H10ClN3O/c1-7-4-9(13)2-3-10(7)16-11-14-5-8(12)6-15-11/h2-6H,13H2,1H3. The molecule has 0 aliphatic rings. The van der Waals surface area contributed by atoms with Gasteiger partial charge in [0, 0.05) is 5.69 Å². The van der Waals surface area contributed by atoms with Gasteiger partial charge in [-0.05, 0) is 30.7 Å². The lowest BCUT2D eigenvalue weighted by molar-refractivity contribution is 0.439. The van der Waals surface area contributed by atoms with E-state index >= 15 is 0 Å². The summed E-state index contributed by atoms with van der Waals surface area (Å²) in [6.45, 7) is 1.90. The van der Waals surface area contributed by atoms with Crippen molar-refractivity contribution in [2.24, 2.45) is 0 Å². The molecule has 0 atom stereocenters. The molecule has 0 saturated heterocycles. The van der Waals surface area contributed by atoms with Crippen LogP contribution < -0.4 is 10.5 Å². The van der Waals surface area contributed by atoms with Crippen LogP contribution in [0, 0.1) is 6.92 Å². The van der Waals surface area contributed by atoms with Gasteiger partial charge in [0.2, 0.25) is 0 Å². The molecule has 0 radical (unpaired) electrons. The number of nitrogen functional groups attached to an aromatic ring is 1. The minimum Gasteiger partial charge on any atom is -0.424 e. The van der Waals surface area contributed by atoms with Crippen LogP contribution >= 0.6 is 11.6 Å². The first-order valence-corrected chi connectivity index (χ1v) is 5.04. The molecule has 1 aromatic heterocycles. The molecule has 5 heteroatoms. The van der Waals surface area contributed by atoms with Crippen LogP contribution in [0.4, 0.5) is 5.69 Å². The first kappa shape index (κ1) is 10.7. The van der Waals surface area contributed by atoms with Crippen molar-refractivity contribution in [1.82, 2.24) is 9.97 Å². The molecule has 2 rings (SSSR count). The van der Waals surface area contributed by atoms with Gasteiger partial charge in [0.15, 0.2) is 0 Å². The first-order chi connectivity index (χ1) is 7.65. The van der Waals surface area contributed by atoms with Crippen LogP contribution in [0.15, 0.2) is 30.6 Å². The number of benzene rings is 1. The van der Waals surface area contributed by atoms with E-state index in [9.17, 15) is 0 Å². The highest BCUT2D eigenvalue weighted by Crippen LogP contribution is 2.24. The quantitative estimate of drug-likeness (QED) is 0.813. The normalized spacial score (nSPS) is 10.1. The molecule has 2 aromatic rings. The Balaban J connectivity index is 2.23. The Kier molecular flexibility index (Phi) is 2.92. The number of nitrogens with two attached hydrogens (primary N) is 1. The Morgan fingerprint density at radius 2 is 1.94 bits per heavy atom. The molecule has 0 aliphatic heterocycles. The smallest absolute Gasteiger partial charge is 0.321 e. The largest absolute Gasteiger partial charge is 0.424 e. The molecule has 0 aliphatic carbocycles. The number of hydrogen-bond donors (Lipinski definition) is 1. The van der Waals surface area contributed by atoms with Gasteiger partial charge in [-0.25, -0.2) is 9.97 Å². The lowest BCUT2D eigenvalue weighted by Gasteiger charge is -2.07. The maximum atomic E-state index is 5.67. The lowest BCUT2D eigenvalue weighted by Crippen LogP contribution is -1.94. The molecule has 16 heavy (non-hydrogen) atoms. The molecule has 1 aromatic carbocycles. The van der Waals surface area contributed by atoms with Crippen molar-refractivity contribution in [3.63, 3.8) is 0 Å². The van der Waals surface area contributed by atoms with Gasteiger partial charge in [-0.3, -0.25) is 0 Å². The van der Waals surface area contributed by atoms with Crippen molar-refractivity contribution in [2.45, 2.75) is 6.92 Å². The second kappa shape index (κ2) is 4.37. The number of nitrogens with zero attached hydrogens (tertiary/aromatic N) is 2. The SMILES string of the molecule is Cc1cc(N)ccc1Oc1ncc(Cl)cn1. The van der Waals surface area contributed by atoms with Crippen LogP contribution in [0.2, 0.25) is 5.02 Å². The lowest BCUT2D eigenvalue weighted by atomic mass is 10.2. The fourth-order valence-corrected chi connectivity index (χ4v) is 1.34. The van der Waals surface area contributed by atoms with Crippen LogP contribution in [-0.2, 0) is 0 Å². The number of anilines is 1. The van der Waals surface area contributed by atoms with E-state index in [4.69, 9.17) is 22.1 Å². The molecule has 82 valence electrons. The highest BCUT2D eigenvalue weighted by molar-refractivity contribution is 6.30. The molecule has 0 saturated carbocycles. The number of ether oxygens (including phenoxy) is 1. The number of halogens is 1. The Morgan fingerprint density at radius 3 is 2.56 bits per heavy atom. The third-order valence-electron chi connectivity index (χ3n) is 2.00. The minimum atomic E-state index is 0.261. The van der Waals surface area contributed by atoms with E-state index < -0.39 is 0 Å². The molecule has 1 heterocycles. The third-order valence-corrected chi connectivity index (χ3v) is 2.19. The average Bonchev–Trinajstić information content (AvgIpc) is 2.25. The molecule has 0 bridgehead atoms. The van der Waals surface area contributed by atoms with Crippen molar-refractivity contribution < 1.29 is 4.74 Å². The summed E-state index contributed by atoms with van der Waals surface area (Å²) in [7, 11) is 0. The van der Waals surface area contributed by atoms with E-state index in [1.165, 1.54) is 12.4 Å². The summed E-state index contributed by atoms with van der Waals surface area (Å²) in [5, 5.41) is 0.473. The number of hydrogen-bond acceptors (Lipinski definition) is 4. The zero-order valence-corrected chi connectivity index (χ0v) is 9.40. The summed E-state index contributed by atoms with van der Waals surface area (Å²) in [5.74, 6) is 0.677. The predicted molar refractivity (Wildman–Crippen MR) is 62.7 cm³/mol. The topological polar surface area (TPSA) is 61.0 Å². The van der Waals surface area contributed by atoms with E-state index in [0.29, 0.717) is 16.5 Å². The van der Waals surface area contributed by atoms with Crippen molar-refractivity contribution in [3.05, 3.63) is 41.2 Å². The van der Waals surface area contributed by atoms with Crippen molar-refractivity contribution >= 4 is 17.3 Å². The van der Waals surface area contributed by atoms with Gasteiger partial charge in [0.1, 0.15) is 5.75 Å². The Hall–Kier alpha value is -1.81. The van der Waals surface area contributed by atoms with Crippen LogP contribution in [0.3, 0.4) is 0 Å². The molecule has 0 spiro atoms. The van der Waals surface area contributed by atoms with Gasteiger partial charge in [-0.2, -0.15) is 0 Å². The van der Waals surface area contributed by atoms with E-state index in [1.54, 1.807) is 12.1 Å². The van der Waals surface area contributed by atoms with Gasteiger partial charge in [0.25, 0.3) is 0 Å². The summed E-state index contributed by atoms with van der Waals surface area (Å²) in [4.78, 5) is 7.88. The second-order valence-electron chi connectivity index (χ2n) is 3.31. The maximum absolute atomic E-state index is 5.67. The number of aromatic nitrogens is 2. The summed E-state index contributed by atoms with van der Waals surface area (Å²) < 4.78 is 5.48. The summed E-state index contributed by atoms with van der Waals surface area (Å²) in [6, 6.07) is 5.63. The highest BCUT2D eigenvalue weighted by atomic mass is 35.5. The Morgan fingerprint density at radius 1 is 1.25 bits per heavy atom. The molecule has 0 unspecified atom stereocenters. The van der Waals surface area contributed by atoms with Gasteiger partial charge in [-0.1, -0.05) is 11.6 Å². The maximum Gasteiger partial charge on any atom is 0.321 e. The van der Waals surface area contributed by atoms with Gasteiger partial charge < -0.3 is 10.5 Å². The molecular formula is C11H10ClN3O. The fraction of sp³-hybridized carbons (Fsp3) is 0.0909. The van der Waals surface area contributed by atoms with E-state index in [0.717, 1.165) is 5.56 Å². The number of aryl methyl sites for hydroxylation is 1. The van der Waals surface area contributed by atoms with Crippen molar-refractivity contribution in [3.8, 4) is 11.8 Å². The first-order valence-electron chi connectivity index (χ1n) is 4.66. The zero-order valence-electron chi connectivity index (χ0n) is 8.64. The van der Waals surface area contributed by atoms with Gasteiger partial charge >= 0.3 is 6.01 Å². The molecule has 0 fully saturated rings. The van der Waals surface area contributed by atoms with Crippen LogP contribution in [0.25, 0.3) is 0 Å². The van der Waals surface area contributed by atoms with Crippen LogP contribution in [0.1, 0.15) is 5.56 Å². The Labute approximate surface area is 98.0 Å². The van der Waals surface area contributed by atoms with Crippen molar-refractivity contribution in [1.29, 1.82) is 0 Å². The highest BCUT2D eigenvalue weighted by Gasteiger charge is 2.03. The molecule has 4 nitrogen and oxygen atoms in total. The van der Waals surface area contributed by atoms with E-state index in [-0.39, 0.29) is 6.01 Å². The average molecular weight is 236 g/mol. The zero-order chi connectivity index (χ0) is 11.5. The summed E-state index contributed by atoms with van der Waals surface area (Å²) in [6.07, 6.45) is 2.97. The Bertz CT molecular complexity index is 499. The fourth-order valence-electron chi connectivity index (χ4n) is 1.24. The van der Waals surface area contributed by atoms with Gasteiger partial charge in [-0.15, -0.1) is 0 Å². The van der Waals surface area contributed by atoms with E-state index in [1.807, 2.05) is 13.0 Å². The third kappa shape index (κ3) is 2.41. The predicted octanol–water partition coefficient (Wildman–Crippen LogP) is 2.81. The second-order valence-corrected chi connectivity index (χ2v) is 3.75. The molecule has 2 N–H and O–H groups in total. The van der Waals surface area contributed by atoms with E-state index in [2.05, 4.69) is 9.97 Å². The van der Waals surface area contributed by atoms with Gasteiger partial charge in [0.05, 0.1) is 17.4 Å². The van der Waals surface area contributed by atoms with Crippen LogP contribution in [-0.4, -0.2) is 9.97 Å². The summed E-state index contributed by atoms with van der Waals surface area (Å²) >= 11 is 5.67. The molecule has 0 amide bonds. The molecular weight excluding hydrogens is 226 g/mol. The summed E-state index contributed by atoms with van der Waals surface area (Å²) in [5.41, 5.74) is 7.26.